The topological polar surface area (TPSA) is 51.1 Å². The fraction of sp³-hybridized carbons (Fsp3) is 0.203. The van der Waals surface area contributed by atoms with E-state index in [-0.39, 0.29) is 27.9 Å². The summed E-state index contributed by atoms with van der Waals surface area (Å²) in [6.45, 7) is 19.8. The quantitative estimate of drug-likeness (QED) is 0.152. The van der Waals surface area contributed by atoms with E-state index in [0.29, 0.717) is 11.5 Å². The first-order valence-electron chi connectivity index (χ1n) is 22.6. The Morgan fingerprint density at radius 2 is 1.02 bits per heavy atom. The highest BCUT2D eigenvalue weighted by Gasteiger charge is 2.24. The van der Waals surface area contributed by atoms with Gasteiger partial charge in [0.1, 0.15) is 29.0 Å². The second-order valence-corrected chi connectivity index (χ2v) is 20.3. The maximum atomic E-state index is 14.4. The van der Waals surface area contributed by atoms with E-state index in [4.69, 9.17) is 9.72 Å². The average molecular weight is 875 g/mol. The van der Waals surface area contributed by atoms with Crippen LogP contribution in [0.2, 0.25) is 0 Å². The SMILES string of the molecule is CC(C)(C)c1cc(Nc2ccccc2Nc2c(-c3ccc(F)cc3)cc(C(C)(C)C)cc2-c2ccc(F)cc2)cc(Oc2ccc3c4ccccc4n(-c4cc(C(C)(C)C)ccn4)c3c2)c1. The van der Waals surface area contributed by atoms with Crippen LogP contribution in [0.25, 0.3) is 49.9 Å². The van der Waals surface area contributed by atoms with E-state index in [0.717, 1.165) is 83.8 Å². The Morgan fingerprint density at radius 3 is 1.62 bits per heavy atom. The number of ether oxygens (including phenoxy) is 1. The maximum Gasteiger partial charge on any atom is 0.137 e. The standard InChI is InChI=1S/C59H56F2N4O/c1-57(2,3)39-28-29-62-55(34-39)65-53-17-13-10-14-47(53)48-27-26-45(36-54(48)65)66-46-31-40(58(4,5)6)30-44(35-46)63-51-15-11-12-16-52(51)64-56-49(37-18-22-42(60)23-19-37)32-41(59(7,8)9)33-50(56)38-20-24-43(61)25-21-38/h10-36,63-64H,1-9H3. The number of nitrogens with one attached hydrogen (secondary N) is 2. The number of pyridine rings is 1. The Hall–Kier alpha value is -7.25. The molecule has 0 atom stereocenters. The predicted octanol–water partition coefficient (Wildman–Crippen LogP) is 17.0. The Labute approximate surface area is 387 Å². The molecule has 0 aliphatic rings. The van der Waals surface area contributed by atoms with Crippen molar-refractivity contribution in [1.29, 1.82) is 0 Å². The number of hydrogen-bond donors (Lipinski definition) is 2. The molecule has 0 spiro atoms. The third-order valence-corrected chi connectivity index (χ3v) is 12.3. The minimum atomic E-state index is -0.308. The number of fused-ring (bicyclic) bond motifs is 3. The molecule has 7 aromatic carbocycles. The van der Waals surface area contributed by atoms with Crippen molar-refractivity contribution in [3.63, 3.8) is 0 Å². The number of benzene rings is 7. The van der Waals surface area contributed by atoms with Crippen molar-refractivity contribution in [2.75, 3.05) is 10.6 Å². The zero-order valence-electron chi connectivity index (χ0n) is 39.1. The van der Waals surface area contributed by atoms with Gasteiger partial charge in [-0.05, 0) is 135 Å². The fourth-order valence-corrected chi connectivity index (χ4v) is 8.48. The lowest BCUT2D eigenvalue weighted by molar-refractivity contribution is 0.479. The number of anilines is 4. The summed E-state index contributed by atoms with van der Waals surface area (Å²) < 4.78 is 37.8. The van der Waals surface area contributed by atoms with Gasteiger partial charge in [-0.25, -0.2) is 13.8 Å². The van der Waals surface area contributed by atoms with Crippen LogP contribution in [0.3, 0.4) is 0 Å². The van der Waals surface area contributed by atoms with Gasteiger partial charge in [0.05, 0.1) is 28.1 Å². The van der Waals surface area contributed by atoms with Gasteiger partial charge < -0.3 is 15.4 Å². The van der Waals surface area contributed by atoms with E-state index in [2.05, 4.69) is 150 Å². The van der Waals surface area contributed by atoms with Crippen molar-refractivity contribution in [2.24, 2.45) is 0 Å². The Morgan fingerprint density at radius 1 is 0.470 bits per heavy atom. The lowest BCUT2D eigenvalue weighted by Gasteiger charge is -2.26. The van der Waals surface area contributed by atoms with E-state index in [9.17, 15) is 8.78 Å². The predicted molar refractivity (Wildman–Crippen MR) is 271 cm³/mol. The largest absolute Gasteiger partial charge is 0.457 e. The molecule has 0 saturated heterocycles. The summed E-state index contributed by atoms with van der Waals surface area (Å²) in [5, 5.41) is 9.81. The lowest BCUT2D eigenvalue weighted by Crippen LogP contribution is -2.12. The highest BCUT2D eigenvalue weighted by molar-refractivity contribution is 6.09. The van der Waals surface area contributed by atoms with Gasteiger partial charge in [-0.3, -0.25) is 4.57 Å². The minimum absolute atomic E-state index is 0.0390. The van der Waals surface area contributed by atoms with Crippen molar-refractivity contribution in [2.45, 2.75) is 78.6 Å². The summed E-state index contributed by atoms with van der Waals surface area (Å²) in [5.41, 5.74) is 11.9. The first-order chi connectivity index (χ1) is 31.4. The molecular weight excluding hydrogens is 819 g/mol. The molecule has 5 nitrogen and oxygen atoms in total. The first kappa shape index (κ1) is 44.0. The summed E-state index contributed by atoms with van der Waals surface area (Å²) in [4.78, 5) is 4.87. The van der Waals surface area contributed by atoms with Gasteiger partial charge in [0.15, 0.2) is 0 Å². The number of rotatable bonds is 9. The first-order valence-corrected chi connectivity index (χ1v) is 22.6. The van der Waals surface area contributed by atoms with E-state index in [1.165, 1.54) is 29.8 Å². The molecule has 2 heterocycles. The van der Waals surface area contributed by atoms with Crippen LogP contribution in [0.1, 0.15) is 79.0 Å². The van der Waals surface area contributed by atoms with Gasteiger partial charge in [0.2, 0.25) is 0 Å². The van der Waals surface area contributed by atoms with Crippen LogP contribution in [0.5, 0.6) is 11.5 Å². The number of para-hydroxylation sites is 3. The molecule has 2 aromatic heterocycles. The van der Waals surface area contributed by atoms with Crippen molar-refractivity contribution in [3.05, 3.63) is 192 Å². The molecule has 0 saturated carbocycles. The van der Waals surface area contributed by atoms with Crippen LogP contribution >= 0.6 is 0 Å². The normalized spacial score (nSPS) is 12.2. The van der Waals surface area contributed by atoms with E-state index in [1.54, 1.807) is 24.3 Å². The molecule has 0 aliphatic heterocycles. The van der Waals surface area contributed by atoms with Gasteiger partial charge >= 0.3 is 0 Å². The number of hydrogen-bond acceptors (Lipinski definition) is 4. The van der Waals surface area contributed by atoms with Crippen molar-refractivity contribution >= 4 is 44.6 Å². The molecule has 9 rings (SSSR count). The van der Waals surface area contributed by atoms with Crippen LogP contribution < -0.4 is 15.4 Å². The number of aromatic nitrogens is 2. The molecule has 9 aromatic rings. The van der Waals surface area contributed by atoms with Gasteiger partial charge in [-0.2, -0.15) is 0 Å². The highest BCUT2D eigenvalue weighted by atomic mass is 19.1. The smallest absolute Gasteiger partial charge is 0.137 e. The third-order valence-electron chi connectivity index (χ3n) is 12.3. The third kappa shape index (κ3) is 9.03. The summed E-state index contributed by atoms with van der Waals surface area (Å²) in [7, 11) is 0. The van der Waals surface area contributed by atoms with Gasteiger partial charge in [-0.15, -0.1) is 0 Å². The van der Waals surface area contributed by atoms with E-state index in [1.807, 2.05) is 42.6 Å². The van der Waals surface area contributed by atoms with E-state index < -0.39 is 0 Å². The highest BCUT2D eigenvalue weighted by Crippen LogP contribution is 2.45. The van der Waals surface area contributed by atoms with Crippen LogP contribution in [0, 0.1) is 11.6 Å². The molecular formula is C59H56F2N4O. The van der Waals surface area contributed by atoms with E-state index >= 15 is 0 Å². The molecule has 0 radical (unpaired) electrons. The van der Waals surface area contributed by atoms with Gasteiger partial charge in [0.25, 0.3) is 0 Å². The summed E-state index contributed by atoms with van der Waals surface area (Å²) >= 11 is 0. The molecule has 2 N–H and O–H groups in total. The minimum Gasteiger partial charge on any atom is -0.457 e. The van der Waals surface area contributed by atoms with Gasteiger partial charge in [0, 0.05) is 45.9 Å². The molecule has 66 heavy (non-hydrogen) atoms. The Kier molecular flexibility index (Phi) is 11.3. The van der Waals surface area contributed by atoms with Crippen molar-refractivity contribution in [1.82, 2.24) is 9.55 Å². The number of halogens is 2. The molecule has 0 amide bonds. The fourth-order valence-electron chi connectivity index (χ4n) is 8.48. The van der Waals surface area contributed by atoms with Crippen LogP contribution in [0.4, 0.5) is 31.5 Å². The summed E-state index contributed by atoms with van der Waals surface area (Å²) in [5.74, 6) is 1.65. The number of nitrogens with zero attached hydrogens (tertiary/aromatic N) is 2. The van der Waals surface area contributed by atoms with Crippen molar-refractivity contribution in [3.8, 4) is 39.6 Å². The molecule has 0 unspecified atom stereocenters. The molecule has 7 heteroatoms. The Balaban J connectivity index is 1.12. The second kappa shape index (κ2) is 17.0. The molecule has 332 valence electrons. The zero-order chi connectivity index (χ0) is 46.5. The van der Waals surface area contributed by atoms with Gasteiger partial charge in [-0.1, -0.05) is 117 Å². The van der Waals surface area contributed by atoms with Crippen LogP contribution in [-0.4, -0.2) is 9.55 Å². The Bertz CT molecular complexity index is 3170. The molecule has 0 fully saturated rings. The molecule has 0 aliphatic carbocycles. The monoisotopic (exact) mass is 874 g/mol. The maximum absolute atomic E-state index is 14.4. The summed E-state index contributed by atoms with van der Waals surface area (Å²) in [6, 6.07) is 50.9. The lowest BCUT2D eigenvalue weighted by atomic mass is 9.82. The average Bonchev–Trinajstić information content (AvgIpc) is 3.60. The molecule has 0 bridgehead atoms. The van der Waals surface area contributed by atoms with Crippen LogP contribution in [-0.2, 0) is 16.2 Å². The van der Waals surface area contributed by atoms with Crippen molar-refractivity contribution < 1.29 is 13.5 Å². The van der Waals surface area contributed by atoms with Crippen LogP contribution in [0.15, 0.2) is 164 Å². The second-order valence-electron chi connectivity index (χ2n) is 20.3. The summed E-state index contributed by atoms with van der Waals surface area (Å²) in [6.07, 6.45) is 1.90. The zero-order valence-corrected chi connectivity index (χ0v) is 39.1.